The molecule has 92 valence electrons. The number of rotatable bonds is 3. The van der Waals surface area contributed by atoms with Crippen LogP contribution in [0.15, 0.2) is 5.16 Å². The average Bonchev–Trinajstić information content (AvgIpc) is 2.82. The maximum Gasteiger partial charge on any atom is 0.0770 e. The fourth-order valence-corrected chi connectivity index (χ4v) is 3.56. The van der Waals surface area contributed by atoms with Crippen molar-refractivity contribution in [2.24, 2.45) is 5.16 Å². The standard InChI is InChI=1S/C13H24N2O/c1-2-12(14-16)13(8-4-5-9-13)15-10-6-3-7-11-15/h16H,2-11H2,1H3/b14-12+. The van der Waals surface area contributed by atoms with Crippen molar-refractivity contribution in [1.29, 1.82) is 0 Å². The molecule has 3 nitrogen and oxygen atoms in total. The highest BCUT2D eigenvalue weighted by molar-refractivity contribution is 5.93. The minimum atomic E-state index is 0.115. The van der Waals surface area contributed by atoms with Gasteiger partial charge in [-0.1, -0.05) is 31.3 Å². The Balaban J connectivity index is 2.20. The van der Waals surface area contributed by atoms with Crippen LogP contribution in [0.1, 0.15) is 58.3 Å². The van der Waals surface area contributed by atoms with E-state index in [1.165, 1.54) is 58.0 Å². The molecule has 2 aliphatic rings. The van der Waals surface area contributed by atoms with E-state index in [0.29, 0.717) is 0 Å². The van der Waals surface area contributed by atoms with E-state index < -0.39 is 0 Å². The van der Waals surface area contributed by atoms with Crippen LogP contribution in [0.5, 0.6) is 0 Å². The van der Waals surface area contributed by atoms with Gasteiger partial charge in [0.2, 0.25) is 0 Å². The summed E-state index contributed by atoms with van der Waals surface area (Å²) in [7, 11) is 0. The summed E-state index contributed by atoms with van der Waals surface area (Å²) in [6, 6.07) is 0. The number of piperidine rings is 1. The minimum absolute atomic E-state index is 0.115. The molecule has 2 rings (SSSR count). The first-order valence-electron chi connectivity index (χ1n) is 6.80. The predicted molar refractivity (Wildman–Crippen MR) is 66.1 cm³/mol. The van der Waals surface area contributed by atoms with Crippen molar-refractivity contribution in [1.82, 2.24) is 4.90 Å². The Hall–Kier alpha value is -0.570. The van der Waals surface area contributed by atoms with E-state index in [2.05, 4.69) is 17.0 Å². The zero-order valence-electron chi connectivity index (χ0n) is 10.4. The first-order chi connectivity index (χ1) is 7.83. The van der Waals surface area contributed by atoms with Crippen molar-refractivity contribution in [2.45, 2.75) is 63.8 Å². The van der Waals surface area contributed by atoms with Crippen LogP contribution in [-0.2, 0) is 0 Å². The lowest BCUT2D eigenvalue weighted by molar-refractivity contribution is 0.118. The van der Waals surface area contributed by atoms with Gasteiger partial charge in [0.1, 0.15) is 0 Å². The molecule has 2 fully saturated rings. The number of hydrogen-bond acceptors (Lipinski definition) is 3. The fourth-order valence-electron chi connectivity index (χ4n) is 3.56. The second-order valence-corrected chi connectivity index (χ2v) is 5.19. The predicted octanol–water partition coefficient (Wildman–Crippen LogP) is 3.03. The third kappa shape index (κ3) is 1.97. The van der Waals surface area contributed by atoms with Gasteiger partial charge >= 0.3 is 0 Å². The molecule has 0 bridgehead atoms. The molecule has 0 aromatic carbocycles. The van der Waals surface area contributed by atoms with Gasteiger partial charge in [0, 0.05) is 0 Å². The first kappa shape index (κ1) is 11.9. The molecule has 1 aliphatic heterocycles. The van der Waals surface area contributed by atoms with E-state index in [0.717, 1.165) is 12.1 Å². The monoisotopic (exact) mass is 224 g/mol. The highest BCUT2D eigenvalue weighted by Crippen LogP contribution is 2.39. The topological polar surface area (TPSA) is 35.8 Å². The van der Waals surface area contributed by atoms with Crippen LogP contribution < -0.4 is 0 Å². The number of nitrogens with zero attached hydrogens (tertiary/aromatic N) is 2. The van der Waals surface area contributed by atoms with Crippen LogP contribution >= 0.6 is 0 Å². The average molecular weight is 224 g/mol. The summed E-state index contributed by atoms with van der Waals surface area (Å²) in [4.78, 5) is 2.60. The lowest BCUT2D eigenvalue weighted by Gasteiger charge is -2.43. The van der Waals surface area contributed by atoms with Crippen LogP contribution in [0.3, 0.4) is 0 Å². The second kappa shape index (κ2) is 5.17. The van der Waals surface area contributed by atoms with Crippen molar-refractivity contribution < 1.29 is 5.21 Å². The maximum atomic E-state index is 9.24. The smallest absolute Gasteiger partial charge is 0.0770 e. The Morgan fingerprint density at radius 1 is 1.12 bits per heavy atom. The van der Waals surface area contributed by atoms with Crippen molar-refractivity contribution in [3.8, 4) is 0 Å². The number of likely N-dealkylation sites (tertiary alicyclic amines) is 1. The van der Waals surface area contributed by atoms with E-state index in [-0.39, 0.29) is 5.54 Å². The molecule has 1 aliphatic carbocycles. The van der Waals surface area contributed by atoms with Crippen LogP contribution in [0.4, 0.5) is 0 Å². The molecule has 0 unspecified atom stereocenters. The summed E-state index contributed by atoms with van der Waals surface area (Å²) in [5.74, 6) is 0. The lowest BCUT2D eigenvalue weighted by atomic mass is 9.86. The molecule has 0 spiro atoms. The van der Waals surface area contributed by atoms with E-state index in [9.17, 15) is 5.21 Å². The van der Waals surface area contributed by atoms with E-state index in [1.54, 1.807) is 0 Å². The molecular weight excluding hydrogens is 200 g/mol. The largest absolute Gasteiger partial charge is 0.411 e. The van der Waals surface area contributed by atoms with Gasteiger partial charge in [-0.05, 0) is 45.2 Å². The highest BCUT2D eigenvalue weighted by atomic mass is 16.4. The summed E-state index contributed by atoms with van der Waals surface area (Å²) < 4.78 is 0. The SMILES string of the molecule is CC/C(=N\O)C1(N2CCCCC2)CCCC1. The van der Waals surface area contributed by atoms with Gasteiger partial charge in [0.15, 0.2) is 0 Å². The van der Waals surface area contributed by atoms with E-state index >= 15 is 0 Å². The van der Waals surface area contributed by atoms with Gasteiger partial charge in [-0.2, -0.15) is 0 Å². The molecule has 0 atom stereocenters. The zero-order chi connectivity index (χ0) is 11.4. The molecule has 0 radical (unpaired) electrons. The number of oxime groups is 1. The van der Waals surface area contributed by atoms with Gasteiger partial charge in [0.25, 0.3) is 0 Å². The van der Waals surface area contributed by atoms with E-state index in [1.807, 2.05) is 0 Å². The van der Waals surface area contributed by atoms with Crippen molar-refractivity contribution >= 4 is 5.71 Å². The third-order valence-corrected chi connectivity index (χ3v) is 4.38. The van der Waals surface area contributed by atoms with Crippen LogP contribution in [0.25, 0.3) is 0 Å². The van der Waals surface area contributed by atoms with Gasteiger partial charge in [0.05, 0.1) is 11.3 Å². The molecule has 0 aromatic rings. The summed E-state index contributed by atoms with van der Waals surface area (Å²) in [5.41, 5.74) is 1.14. The molecular formula is C13H24N2O. The molecule has 1 saturated carbocycles. The van der Waals surface area contributed by atoms with Crippen molar-refractivity contribution in [3.63, 3.8) is 0 Å². The maximum absolute atomic E-state index is 9.24. The summed E-state index contributed by atoms with van der Waals surface area (Å²) in [6.45, 7) is 4.50. The normalized spacial score (nSPS) is 27.2. The Kier molecular flexibility index (Phi) is 3.85. The molecule has 0 aromatic heterocycles. The minimum Gasteiger partial charge on any atom is -0.411 e. The number of hydrogen-bond donors (Lipinski definition) is 1. The molecule has 0 amide bonds. The lowest BCUT2D eigenvalue weighted by Crippen LogP contribution is -2.54. The Morgan fingerprint density at radius 2 is 1.75 bits per heavy atom. The van der Waals surface area contributed by atoms with Crippen LogP contribution in [0.2, 0.25) is 0 Å². The summed E-state index contributed by atoms with van der Waals surface area (Å²) >= 11 is 0. The second-order valence-electron chi connectivity index (χ2n) is 5.19. The summed E-state index contributed by atoms with van der Waals surface area (Å²) in [5, 5.41) is 12.9. The van der Waals surface area contributed by atoms with Gasteiger partial charge in [-0.15, -0.1) is 0 Å². The molecule has 3 heteroatoms. The molecule has 16 heavy (non-hydrogen) atoms. The fraction of sp³-hybridized carbons (Fsp3) is 0.923. The van der Waals surface area contributed by atoms with Crippen molar-refractivity contribution in [2.75, 3.05) is 13.1 Å². The molecule has 1 heterocycles. The Labute approximate surface area is 98.5 Å². The molecule has 1 N–H and O–H groups in total. The van der Waals surface area contributed by atoms with Gasteiger partial charge < -0.3 is 5.21 Å². The Bertz CT molecular complexity index is 251. The van der Waals surface area contributed by atoms with Crippen LogP contribution in [-0.4, -0.2) is 34.4 Å². The van der Waals surface area contributed by atoms with Gasteiger partial charge in [-0.3, -0.25) is 4.90 Å². The third-order valence-electron chi connectivity index (χ3n) is 4.38. The van der Waals surface area contributed by atoms with E-state index in [4.69, 9.17) is 0 Å². The Morgan fingerprint density at radius 3 is 2.25 bits per heavy atom. The quantitative estimate of drug-likeness (QED) is 0.454. The van der Waals surface area contributed by atoms with Crippen molar-refractivity contribution in [3.05, 3.63) is 0 Å². The zero-order valence-corrected chi connectivity index (χ0v) is 10.4. The first-order valence-corrected chi connectivity index (χ1v) is 6.80. The molecule has 1 saturated heterocycles. The van der Waals surface area contributed by atoms with Gasteiger partial charge in [-0.25, -0.2) is 0 Å². The highest BCUT2D eigenvalue weighted by Gasteiger charge is 2.43. The summed E-state index contributed by atoms with van der Waals surface area (Å²) in [6.07, 6.45) is 9.83. The van der Waals surface area contributed by atoms with Crippen LogP contribution in [0, 0.1) is 0 Å².